The third-order valence-electron chi connectivity index (χ3n) is 4.79. The molecule has 1 aliphatic rings. The van der Waals surface area contributed by atoms with Gasteiger partial charge >= 0.3 is 0 Å². The van der Waals surface area contributed by atoms with Gasteiger partial charge < -0.3 is 9.47 Å². The Bertz CT molecular complexity index is 909. The minimum absolute atomic E-state index is 0.194. The lowest BCUT2D eigenvalue weighted by atomic mass is 10.0. The van der Waals surface area contributed by atoms with Gasteiger partial charge in [-0.3, -0.25) is 0 Å². The van der Waals surface area contributed by atoms with Crippen LogP contribution in [0.25, 0.3) is 0 Å². The lowest BCUT2D eigenvalue weighted by molar-refractivity contribution is 0.174. The molecule has 2 aromatic carbocycles. The van der Waals surface area contributed by atoms with Gasteiger partial charge in [0.2, 0.25) is 16.8 Å². The molecule has 0 amide bonds. The smallest absolute Gasteiger partial charge is 0.241 e. The maximum atomic E-state index is 13.0. The quantitative estimate of drug-likeness (QED) is 0.902. The monoisotopic (exact) mass is 361 g/mol. The molecule has 25 heavy (non-hydrogen) atoms. The van der Waals surface area contributed by atoms with Crippen molar-refractivity contribution >= 4 is 10.0 Å². The van der Waals surface area contributed by atoms with E-state index in [1.807, 2.05) is 52.8 Å². The fourth-order valence-electron chi connectivity index (χ4n) is 3.13. The second-order valence-electron chi connectivity index (χ2n) is 6.55. The van der Waals surface area contributed by atoms with Gasteiger partial charge in [-0.2, -0.15) is 0 Å². The molecule has 134 valence electrons. The lowest BCUT2D eigenvalue weighted by Crippen LogP contribution is -2.28. The molecule has 0 fully saturated rings. The first-order chi connectivity index (χ1) is 11.7. The van der Waals surface area contributed by atoms with Gasteiger partial charge in [-0.1, -0.05) is 12.1 Å². The van der Waals surface area contributed by atoms with Crippen LogP contribution in [0.3, 0.4) is 0 Å². The van der Waals surface area contributed by atoms with Crippen molar-refractivity contribution in [1.29, 1.82) is 0 Å². The van der Waals surface area contributed by atoms with Crippen molar-refractivity contribution in [2.24, 2.45) is 0 Å². The molecular formula is C19H23NO4S. The summed E-state index contributed by atoms with van der Waals surface area (Å²) < 4.78 is 39.5. The van der Waals surface area contributed by atoms with E-state index in [0.717, 1.165) is 27.8 Å². The number of aryl methyl sites for hydroxylation is 2. The fraction of sp³-hybridized carbons (Fsp3) is 0.368. The van der Waals surface area contributed by atoms with Crippen LogP contribution in [0, 0.1) is 27.7 Å². The van der Waals surface area contributed by atoms with E-state index in [1.54, 1.807) is 6.07 Å². The average molecular weight is 361 g/mol. The van der Waals surface area contributed by atoms with Gasteiger partial charge in [0.15, 0.2) is 11.5 Å². The molecule has 1 unspecified atom stereocenters. The van der Waals surface area contributed by atoms with Gasteiger partial charge in [-0.25, -0.2) is 13.1 Å². The molecular weight excluding hydrogens is 338 g/mol. The minimum Gasteiger partial charge on any atom is -0.454 e. The van der Waals surface area contributed by atoms with Gasteiger partial charge in [0, 0.05) is 6.04 Å². The first-order valence-corrected chi connectivity index (χ1v) is 9.68. The average Bonchev–Trinajstić information content (AvgIpc) is 3.00. The van der Waals surface area contributed by atoms with Gasteiger partial charge in [0.1, 0.15) is 0 Å². The largest absolute Gasteiger partial charge is 0.454 e. The predicted octanol–water partition coefficient (Wildman–Crippen LogP) is 3.69. The summed E-state index contributed by atoms with van der Waals surface area (Å²) >= 11 is 0. The number of ether oxygens (including phenoxy) is 2. The van der Waals surface area contributed by atoms with E-state index < -0.39 is 10.0 Å². The van der Waals surface area contributed by atoms with Crippen molar-refractivity contribution in [3.8, 4) is 11.5 Å². The zero-order chi connectivity index (χ0) is 18.4. The van der Waals surface area contributed by atoms with Gasteiger partial charge in [0.05, 0.1) is 4.90 Å². The molecule has 5 nitrogen and oxygen atoms in total. The van der Waals surface area contributed by atoms with Crippen LogP contribution in [0.5, 0.6) is 11.5 Å². The van der Waals surface area contributed by atoms with Crippen LogP contribution in [0.1, 0.15) is 40.8 Å². The van der Waals surface area contributed by atoms with Crippen molar-refractivity contribution in [3.05, 3.63) is 52.1 Å². The molecule has 0 spiro atoms. The molecule has 6 heteroatoms. The van der Waals surface area contributed by atoms with Gasteiger partial charge in [-0.15, -0.1) is 0 Å². The van der Waals surface area contributed by atoms with E-state index in [2.05, 4.69) is 4.72 Å². The molecule has 0 saturated carbocycles. The van der Waals surface area contributed by atoms with E-state index >= 15 is 0 Å². The number of rotatable bonds is 4. The van der Waals surface area contributed by atoms with Crippen molar-refractivity contribution in [3.63, 3.8) is 0 Å². The number of benzene rings is 2. The second kappa shape index (κ2) is 6.35. The van der Waals surface area contributed by atoms with Crippen LogP contribution in [0.15, 0.2) is 29.2 Å². The molecule has 0 radical (unpaired) electrons. The Morgan fingerprint density at radius 1 is 0.960 bits per heavy atom. The summed E-state index contributed by atoms with van der Waals surface area (Å²) in [6.45, 7) is 9.58. The van der Waals surface area contributed by atoms with Crippen molar-refractivity contribution in [1.82, 2.24) is 4.72 Å². The molecule has 1 aliphatic heterocycles. The van der Waals surface area contributed by atoms with E-state index in [4.69, 9.17) is 9.47 Å². The Balaban J connectivity index is 1.94. The third kappa shape index (κ3) is 3.24. The highest BCUT2D eigenvalue weighted by Gasteiger charge is 2.25. The van der Waals surface area contributed by atoms with E-state index in [0.29, 0.717) is 16.4 Å². The standard InChI is InChI=1S/C19H23NO4S/c1-11-8-12(2)14(4)19(13(11)3)25(21,22)20-15(5)16-6-7-17-18(9-16)24-10-23-17/h6-9,15,20H,10H2,1-5H3. The Morgan fingerprint density at radius 3 is 2.20 bits per heavy atom. The Labute approximate surface area is 149 Å². The van der Waals surface area contributed by atoms with Crippen molar-refractivity contribution in [2.75, 3.05) is 6.79 Å². The van der Waals surface area contributed by atoms with E-state index in [1.165, 1.54) is 0 Å². The number of hydrogen-bond donors (Lipinski definition) is 1. The molecule has 1 N–H and O–H groups in total. The highest BCUT2D eigenvalue weighted by Crippen LogP contribution is 2.35. The Kier molecular flexibility index (Phi) is 4.51. The molecule has 0 saturated heterocycles. The Morgan fingerprint density at radius 2 is 1.56 bits per heavy atom. The minimum atomic E-state index is -3.65. The number of hydrogen-bond acceptors (Lipinski definition) is 4. The molecule has 0 bridgehead atoms. The summed E-state index contributed by atoms with van der Waals surface area (Å²) in [5.41, 5.74) is 4.34. The summed E-state index contributed by atoms with van der Waals surface area (Å²) in [4.78, 5) is 0.373. The second-order valence-corrected chi connectivity index (χ2v) is 8.20. The summed E-state index contributed by atoms with van der Waals surface area (Å²) in [7, 11) is -3.65. The SMILES string of the molecule is Cc1cc(C)c(C)c(S(=O)(=O)NC(C)c2ccc3c(c2)OCO3)c1C. The zero-order valence-corrected chi connectivity index (χ0v) is 16.0. The number of fused-ring (bicyclic) bond motifs is 1. The molecule has 3 rings (SSSR count). The highest BCUT2D eigenvalue weighted by molar-refractivity contribution is 7.89. The van der Waals surface area contributed by atoms with Crippen LogP contribution in [0.2, 0.25) is 0 Å². The first kappa shape index (κ1) is 17.8. The van der Waals surface area contributed by atoms with E-state index in [-0.39, 0.29) is 12.8 Å². The van der Waals surface area contributed by atoms with Crippen LogP contribution in [0.4, 0.5) is 0 Å². The third-order valence-corrected chi connectivity index (χ3v) is 6.61. The molecule has 2 aromatic rings. The molecule has 1 heterocycles. The van der Waals surface area contributed by atoms with Gasteiger partial charge in [-0.05, 0) is 74.6 Å². The van der Waals surface area contributed by atoms with Crippen molar-refractivity contribution in [2.45, 2.75) is 45.6 Å². The van der Waals surface area contributed by atoms with Crippen LogP contribution < -0.4 is 14.2 Å². The zero-order valence-electron chi connectivity index (χ0n) is 15.1. The Hall–Kier alpha value is -2.05. The summed E-state index contributed by atoms with van der Waals surface area (Å²) in [5.74, 6) is 1.32. The first-order valence-electron chi connectivity index (χ1n) is 8.20. The van der Waals surface area contributed by atoms with Crippen LogP contribution in [-0.4, -0.2) is 15.2 Å². The highest BCUT2D eigenvalue weighted by atomic mass is 32.2. The van der Waals surface area contributed by atoms with E-state index in [9.17, 15) is 8.42 Å². The maximum Gasteiger partial charge on any atom is 0.241 e. The summed E-state index contributed by atoms with van der Waals surface area (Å²) in [6.07, 6.45) is 0. The van der Waals surface area contributed by atoms with Crippen LogP contribution in [-0.2, 0) is 10.0 Å². The summed E-state index contributed by atoms with van der Waals surface area (Å²) in [5, 5.41) is 0. The van der Waals surface area contributed by atoms with Crippen LogP contribution >= 0.6 is 0 Å². The molecule has 0 aliphatic carbocycles. The molecule has 0 aromatic heterocycles. The fourth-order valence-corrected chi connectivity index (χ4v) is 4.97. The maximum absolute atomic E-state index is 13.0. The normalized spacial score (nSPS) is 14.6. The number of sulfonamides is 1. The topological polar surface area (TPSA) is 64.6 Å². The van der Waals surface area contributed by atoms with Gasteiger partial charge in [0.25, 0.3) is 0 Å². The molecule has 1 atom stereocenters. The number of nitrogens with one attached hydrogen (secondary N) is 1. The summed E-state index contributed by atoms with van der Waals surface area (Å²) in [6, 6.07) is 7.10. The van der Waals surface area contributed by atoms with Crippen molar-refractivity contribution < 1.29 is 17.9 Å². The lowest BCUT2D eigenvalue weighted by Gasteiger charge is -2.19. The predicted molar refractivity (Wildman–Crippen MR) is 96.7 cm³/mol.